The van der Waals surface area contributed by atoms with Gasteiger partial charge >= 0.3 is 0 Å². The number of aliphatic hydroxyl groups excluding tert-OH is 2. The van der Waals surface area contributed by atoms with Gasteiger partial charge in [-0.25, -0.2) is 0 Å². The minimum atomic E-state index is -1.34. The van der Waals surface area contributed by atoms with Gasteiger partial charge in [0.05, 0.1) is 25.4 Å². The fraction of sp³-hybridized carbons (Fsp3) is 0.667. The molecule has 2 N–H and O–H groups in total. The van der Waals surface area contributed by atoms with Crippen molar-refractivity contribution in [2.24, 2.45) is 0 Å². The van der Waals surface area contributed by atoms with Gasteiger partial charge in [-0.3, -0.25) is 4.79 Å². The minimum Gasteiger partial charge on any atom is -0.495 e. The van der Waals surface area contributed by atoms with Crippen molar-refractivity contribution in [1.29, 1.82) is 0 Å². The van der Waals surface area contributed by atoms with E-state index in [0.717, 1.165) is 0 Å². The van der Waals surface area contributed by atoms with Crippen LogP contribution in [0.2, 0.25) is 0 Å². The number of epoxide rings is 1. The first kappa shape index (κ1) is 11.2. The van der Waals surface area contributed by atoms with Crippen LogP contribution in [-0.2, 0) is 14.3 Å². The van der Waals surface area contributed by atoms with Crippen LogP contribution in [0.15, 0.2) is 12.3 Å². The van der Waals surface area contributed by atoms with Crippen molar-refractivity contribution in [3.05, 3.63) is 12.3 Å². The standard InChI is InChI=1S/C9H14O5/c1-6(13-4-7-5-14-7)2-8(11)9(12)3-10/h7,9-10,12H,1-5H2. The summed E-state index contributed by atoms with van der Waals surface area (Å²) in [6.07, 6.45) is -1.30. The monoisotopic (exact) mass is 202 g/mol. The molecule has 0 radical (unpaired) electrons. The van der Waals surface area contributed by atoms with Crippen LogP contribution >= 0.6 is 0 Å². The van der Waals surface area contributed by atoms with Gasteiger partial charge in [0.2, 0.25) is 0 Å². The second kappa shape index (κ2) is 5.09. The Balaban J connectivity index is 2.14. The van der Waals surface area contributed by atoms with Gasteiger partial charge in [-0.2, -0.15) is 0 Å². The molecule has 0 saturated carbocycles. The summed E-state index contributed by atoms with van der Waals surface area (Å²) >= 11 is 0. The Kier molecular flexibility index (Phi) is 4.06. The van der Waals surface area contributed by atoms with Gasteiger partial charge in [-0.05, 0) is 0 Å². The molecule has 5 heteroatoms. The van der Waals surface area contributed by atoms with Gasteiger partial charge in [0, 0.05) is 0 Å². The maximum absolute atomic E-state index is 11.1. The summed E-state index contributed by atoms with van der Waals surface area (Å²) in [7, 11) is 0. The quantitative estimate of drug-likeness (QED) is 0.418. The molecule has 1 saturated heterocycles. The number of hydrogen-bond donors (Lipinski definition) is 2. The number of carbonyl (C=O) groups excluding carboxylic acids is 1. The Morgan fingerprint density at radius 2 is 2.36 bits per heavy atom. The van der Waals surface area contributed by atoms with E-state index in [1.54, 1.807) is 0 Å². The van der Waals surface area contributed by atoms with E-state index in [1.165, 1.54) is 0 Å². The highest BCUT2D eigenvalue weighted by Gasteiger charge is 2.24. The third-order valence-corrected chi connectivity index (χ3v) is 1.79. The van der Waals surface area contributed by atoms with E-state index in [1.807, 2.05) is 0 Å². The average Bonchev–Trinajstić information content (AvgIpc) is 2.96. The molecule has 0 aromatic carbocycles. The van der Waals surface area contributed by atoms with Crippen molar-refractivity contribution >= 4 is 5.78 Å². The number of ketones is 1. The molecule has 0 bridgehead atoms. The summed E-state index contributed by atoms with van der Waals surface area (Å²) < 4.78 is 9.99. The molecular weight excluding hydrogens is 188 g/mol. The topological polar surface area (TPSA) is 79.3 Å². The van der Waals surface area contributed by atoms with Crippen molar-refractivity contribution in [3.8, 4) is 0 Å². The van der Waals surface area contributed by atoms with Gasteiger partial charge in [-0.15, -0.1) is 0 Å². The van der Waals surface area contributed by atoms with Crippen LogP contribution in [0.3, 0.4) is 0 Å². The zero-order valence-electron chi connectivity index (χ0n) is 7.81. The number of carbonyl (C=O) groups is 1. The van der Waals surface area contributed by atoms with Gasteiger partial charge in [0.1, 0.15) is 18.8 Å². The van der Waals surface area contributed by atoms with Crippen molar-refractivity contribution in [1.82, 2.24) is 0 Å². The number of hydrogen-bond acceptors (Lipinski definition) is 5. The molecule has 1 rings (SSSR count). The van der Waals surface area contributed by atoms with E-state index in [2.05, 4.69) is 6.58 Å². The normalized spacial score (nSPS) is 21.4. The molecule has 0 spiro atoms. The Bertz CT molecular complexity index is 221. The Morgan fingerprint density at radius 1 is 1.71 bits per heavy atom. The van der Waals surface area contributed by atoms with E-state index < -0.39 is 18.5 Å². The van der Waals surface area contributed by atoms with Crippen molar-refractivity contribution in [3.63, 3.8) is 0 Å². The van der Waals surface area contributed by atoms with Gasteiger partial charge in [-0.1, -0.05) is 6.58 Å². The summed E-state index contributed by atoms with van der Waals surface area (Å²) in [6, 6.07) is 0. The molecule has 0 aromatic rings. The maximum Gasteiger partial charge on any atom is 0.171 e. The number of aliphatic hydroxyl groups is 2. The van der Waals surface area contributed by atoms with E-state index in [9.17, 15) is 4.79 Å². The minimum absolute atomic E-state index is 0.0750. The van der Waals surface area contributed by atoms with Gasteiger partial charge in [0.25, 0.3) is 0 Å². The smallest absolute Gasteiger partial charge is 0.171 e. The predicted octanol–water partition coefficient (Wildman–Crippen LogP) is -0.772. The fourth-order valence-corrected chi connectivity index (χ4v) is 0.840. The molecule has 5 nitrogen and oxygen atoms in total. The molecule has 14 heavy (non-hydrogen) atoms. The number of ether oxygens (including phenoxy) is 2. The second-order valence-electron chi connectivity index (χ2n) is 3.15. The zero-order chi connectivity index (χ0) is 10.6. The van der Waals surface area contributed by atoms with E-state index in [4.69, 9.17) is 19.7 Å². The summed E-state index contributed by atoms with van der Waals surface area (Å²) in [6.45, 7) is 4.02. The first-order valence-electron chi connectivity index (χ1n) is 4.37. The highest BCUT2D eigenvalue weighted by atomic mass is 16.6. The van der Waals surface area contributed by atoms with E-state index >= 15 is 0 Å². The van der Waals surface area contributed by atoms with Gasteiger partial charge < -0.3 is 19.7 Å². The molecule has 1 heterocycles. The fourth-order valence-electron chi connectivity index (χ4n) is 0.840. The molecule has 0 aromatic heterocycles. The number of Topliss-reactive ketones (excluding diaryl/α,β-unsaturated/α-hetero) is 1. The van der Waals surface area contributed by atoms with Crippen LogP contribution in [0.1, 0.15) is 6.42 Å². The lowest BCUT2D eigenvalue weighted by Crippen LogP contribution is -2.24. The third-order valence-electron chi connectivity index (χ3n) is 1.79. The van der Waals surface area contributed by atoms with Crippen molar-refractivity contribution in [2.45, 2.75) is 18.6 Å². The van der Waals surface area contributed by atoms with Crippen LogP contribution in [-0.4, -0.2) is 48.0 Å². The highest BCUT2D eigenvalue weighted by Crippen LogP contribution is 2.12. The van der Waals surface area contributed by atoms with Crippen LogP contribution in [0, 0.1) is 0 Å². The Hall–Kier alpha value is -0.910. The zero-order valence-corrected chi connectivity index (χ0v) is 7.81. The van der Waals surface area contributed by atoms with E-state index in [0.29, 0.717) is 13.2 Å². The average molecular weight is 202 g/mol. The summed E-state index contributed by atoms with van der Waals surface area (Å²) in [5.41, 5.74) is 0. The molecule has 1 aliphatic rings. The molecule has 1 aliphatic heterocycles. The maximum atomic E-state index is 11.1. The lowest BCUT2D eigenvalue weighted by atomic mass is 10.1. The largest absolute Gasteiger partial charge is 0.495 e. The SMILES string of the molecule is C=C(CC(=O)C(O)CO)OCC1CO1. The first-order valence-corrected chi connectivity index (χ1v) is 4.37. The van der Waals surface area contributed by atoms with E-state index in [-0.39, 0.29) is 18.3 Å². The molecule has 2 atom stereocenters. The first-order chi connectivity index (χ1) is 6.63. The lowest BCUT2D eigenvalue weighted by Gasteiger charge is -2.09. The van der Waals surface area contributed by atoms with Crippen LogP contribution < -0.4 is 0 Å². The summed E-state index contributed by atoms with van der Waals surface area (Å²) in [5, 5.41) is 17.4. The van der Waals surface area contributed by atoms with Crippen LogP contribution in [0.25, 0.3) is 0 Å². The Morgan fingerprint density at radius 3 is 2.86 bits per heavy atom. The Labute approximate surface area is 81.9 Å². The molecular formula is C9H14O5. The van der Waals surface area contributed by atoms with Crippen molar-refractivity contribution < 1.29 is 24.5 Å². The van der Waals surface area contributed by atoms with Crippen molar-refractivity contribution in [2.75, 3.05) is 19.8 Å². The van der Waals surface area contributed by atoms with Crippen LogP contribution in [0.4, 0.5) is 0 Å². The molecule has 80 valence electrons. The highest BCUT2D eigenvalue weighted by molar-refractivity contribution is 5.84. The molecule has 2 unspecified atom stereocenters. The molecule has 0 amide bonds. The second-order valence-corrected chi connectivity index (χ2v) is 3.15. The molecule has 1 fully saturated rings. The number of allylic oxidation sites excluding steroid dienone is 1. The third kappa shape index (κ3) is 3.87. The molecule has 0 aliphatic carbocycles. The lowest BCUT2D eigenvalue weighted by molar-refractivity contribution is -0.128. The summed E-state index contributed by atoms with van der Waals surface area (Å²) in [4.78, 5) is 11.1. The van der Waals surface area contributed by atoms with Gasteiger partial charge in [0.15, 0.2) is 5.78 Å². The number of rotatable bonds is 7. The van der Waals surface area contributed by atoms with Crippen LogP contribution in [0.5, 0.6) is 0 Å². The summed E-state index contributed by atoms with van der Waals surface area (Å²) in [5.74, 6) is -0.202. The predicted molar refractivity (Wildman–Crippen MR) is 47.5 cm³/mol.